The van der Waals surface area contributed by atoms with Crippen molar-refractivity contribution < 1.29 is 9.53 Å². The molecule has 0 aliphatic carbocycles. The van der Waals surface area contributed by atoms with Gasteiger partial charge in [0.25, 0.3) is 5.91 Å². The van der Waals surface area contributed by atoms with Crippen LogP contribution < -0.4 is 10.1 Å². The van der Waals surface area contributed by atoms with Crippen LogP contribution in [-0.4, -0.2) is 12.0 Å². The summed E-state index contributed by atoms with van der Waals surface area (Å²) in [6.45, 7) is 1.71. The molecule has 0 aliphatic heterocycles. The summed E-state index contributed by atoms with van der Waals surface area (Å²) >= 11 is 6.41. The third-order valence-corrected chi connectivity index (χ3v) is 5.05. The fourth-order valence-corrected chi connectivity index (χ4v) is 3.44. The van der Waals surface area contributed by atoms with E-state index in [1.165, 1.54) is 0 Å². The fourth-order valence-electron chi connectivity index (χ4n) is 3.22. The standard InChI is InChI=1S/C25H20ClNO2/c1-17(25(28)27-23-13-7-11-19-10-5-6-12-21(19)23)29-24-15-14-20(16-22(24)26)18-8-3-2-4-9-18/h2-17H,1H3,(H,27,28)/t17-/m0/s1. The van der Waals surface area contributed by atoms with E-state index >= 15 is 0 Å². The van der Waals surface area contributed by atoms with Gasteiger partial charge >= 0.3 is 0 Å². The van der Waals surface area contributed by atoms with Crippen molar-refractivity contribution in [1.29, 1.82) is 0 Å². The molecular weight excluding hydrogens is 382 g/mol. The molecule has 4 rings (SSSR count). The van der Waals surface area contributed by atoms with Crippen molar-refractivity contribution in [3.63, 3.8) is 0 Å². The van der Waals surface area contributed by atoms with Crippen LogP contribution in [0.2, 0.25) is 5.02 Å². The second-order valence-corrected chi connectivity index (χ2v) is 7.19. The van der Waals surface area contributed by atoms with E-state index in [0.717, 1.165) is 27.6 Å². The molecule has 0 radical (unpaired) electrons. The Morgan fingerprint density at radius 2 is 1.59 bits per heavy atom. The molecule has 4 aromatic rings. The predicted octanol–water partition coefficient (Wildman–Crippen LogP) is 6.57. The molecule has 3 nitrogen and oxygen atoms in total. The minimum absolute atomic E-state index is 0.232. The zero-order chi connectivity index (χ0) is 20.2. The number of fused-ring (bicyclic) bond motifs is 1. The van der Waals surface area contributed by atoms with E-state index in [1.54, 1.807) is 13.0 Å². The number of nitrogens with one attached hydrogen (secondary N) is 1. The quantitative estimate of drug-likeness (QED) is 0.411. The second-order valence-electron chi connectivity index (χ2n) is 6.79. The van der Waals surface area contributed by atoms with Crippen molar-refractivity contribution in [2.75, 3.05) is 5.32 Å². The number of ether oxygens (including phenoxy) is 1. The molecular formula is C25H20ClNO2. The number of hydrogen-bond donors (Lipinski definition) is 1. The van der Waals surface area contributed by atoms with Crippen molar-refractivity contribution in [3.8, 4) is 16.9 Å². The Balaban J connectivity index is 1.49. The molecule has 1 atom stereocenters. The van der Waals surface area contributed by atoms with Crippen molar-refractivity contribution >= 4 is 34.0 Å². The lowest BCUT2D eigenvalue weighted by atomic mass is 10.1. The predicted molar refractivity (Wildman–Crippen MR) is 120 cm³/mol. The summed E-state index contributed by atoms with van der Waals surface area (Å²) in [5.41, 5.74) is 2.83. The zero-order valence-electron chi connectivity index (χ0n) is 15.9. The first kappa shape index (κ1) is 19.0. The Morgan fingerprint density at radius 1 is 0.862 bits per heavy atom. The first-order valence-corrected chi connectivity index (χ1v) is 9.80. The van der Waals surface area contributed by atoms with Gasteiger partial charge in [-0.1, -0.05) is 84.4 Å². The van der Waals surface area contributed by atoms with E-state index in [2.05, 4.69) is 5.32 Å². The van der Waals surface area contributed by atoms with Gasteiger partial charge < -0.3 is 10.1 Å². The maximum atomic E-state index is 12.7. The van der Waals surface area contributed by atoms with E-state index in [9.17, 15) is 4.79 Å². The number of benzene rings is 4. The normalized spacial score (nSPS) is 11.8. The average Bonchev–Trinajstić information content (AvgIpc) is 2.76. The molecule has 1 amide bonds. The lowest BCUT2D eigenvalue weighted by Crippen LogP contribution is -2.30. The first-order chi connectivity index (χ1) is 14.1. The highest BCUT2D eigenvalue weighted by Crippen LogP contribution is 2.31. The van der Waals surface area contributed by atoms with E-state index in [4.69, 9.17) is 16.3 Å². The Kier molecular flexibility index (Phi) is 5.50. The Labute approximate surface area is 174 Å². The highest BCUT2D eigenvalue weighted by molar-refractivity contribution is 6.32. The molecule has 0 saturated heterocycles. The highest BCUT2D eigenvalue weighted by Gasteiger charge is 2.17. The molecule has 0 heterocycles. The maximum absolute atomic E-state index is 12.7. The first-order valence-electron chi connectivity index (χ1n) is 9.42. The largest absolute Gasteiger partial charge is 0.479 e. The van der Waals surface area contributed by atoms with Gasteiger partial charge in [0.05, 0.1) is 5.02 Å². The number of amides is 1. The van der Waals surface area contributed by atoms with Gasteiger partial charge in [0.1, 0.15) is 5.75 Å². The van der Waals surface area contributed by atoms with Crippen LogP contribution in [0.5, 0.6) is 5.75 Å². The zero-order valence-corrected chi connectivity index (χ0v) is 16.7. The Hall–Kier alpha value is -3.30. The number of anilines is 1. The maximum Gasteiger partial charge on any atom is 0.265 e. The van der Waals surface area contributed by atoms with Crippen molar-refractivity contribution in [1.82, 2.24) is 0 Å². The molecule has 0 bridgehead atoms. The average molecular weight is 402 g/mol. The number of halogens is 1. The lowest BCUT2D eigenvalue weighted by molar-refractivity contribution is -0.122. The van der Waals surface area contributed by atoms with Crippen molar-refractivity contribution in [3.05, 3.63) is 96.0 Å². The van der Waals surface area contributed by atoms with Crippen molar-refractivity contribution in [2.24, 2.45) is 0 Å². The van der Waals surface area contributed by atoms with Crippen LogP contribution in [-0.2, 0) is 4.79 Å². The molecule has 1 N–H and O–H groups in total. The van der Waals surface area contributed by atoms with Crippen LogP contribution in [0.4, 0.5) is 5.69 Å². The van der Waals surface area contributed by atoms with Crippen LogP contribution in [0, 0.1) is 0 Å². The van der Waals surface area contributed by atoms with Crippen molar-refractivity contribution in [2.45, 2.75) is 13.0 Å². The van der Waals surface area contributed by atoms with Gasteiger partial charge in [0, 0.05) is 11.1 Å². The lowest BCUT2D eigenvalue weighted by Gasteiger charge is -2.17. The van der Waals surface area contributed by atoms with E-state index in [1.807, 2.05) is 84.9 Å². The summed E-state index contributed by atoms with van der Waals surface area (Å²) in [7, 11) is 0. The van der Waals surface area contributed by atoms with E-state index in [0.29, 0.717) is 10.8 Å². The second kappa shape index (κ2) is 8.38. The molecule has 144 valence electrons. The molecule has 0 unspecified atom stereocenters. The van der Waals surface area contributed by atoms with Crippen LogP contribution >= 0.6 is 11.6 Å². The third-order valence-electron chi connectivity index (χ3n) is 4.76. The fraction of sp³-hybridized carbons (Fsp3) is 0.0800. The number of hydrogen-bond acceptors (Lipinski definition) is 2. The molecule has 0 aromatic heterocycles. The summed E-state index contributed by atoms with van der Waals surface area (Å²) < 4.78 is 5.84. The van der Waals surface area contributed by atoms with Crippen LogP contribution in [0.25, 0.3) is 21.9 Å². The Bertz CT molecular complexity index is 1150. The van der Waals surface area contributed by atoms with Gasteiger partial charge in [-0.25, -0.2) is 0 Å². The van der Waals surface area contributed by atoms with Gasteiger partial charge in [-0.2, -0.15) is 0 Å². The van der Waals surface area contributed by atoms with Gasteiger partial charge in [-0.15, -0.1) is 0 Å². The number of carbonyl (C=O) groups excluding carboxylic acids is 1. The van der Waals surface area contributed by atoms with Gasteiger partial charge in [0.2, 0.25) is 0 Å². The molecule has 0 fully saturated rings. The SMILES string of the molecule is C[C@H](Oc1ccc(-c2ccccc2)cc1Cl)C(=O)Nc1cccc2ccccc12. The minimum atomic E-state index is -0.700. The molecule has 0 spiro atoms. The van der Waals surface area contributed by atoms with Gasteiger partial charge in [-0.3, -0.25) is 4.79 Å². The molecule has 4 heteroatoms. The topological polar surface area (TPSA) is 38.3 Å². The summed E-state index contributed by atoms with van der Waals surface area (Å²) in [5, 5.41) is 5.48. The smallest absolute Gasteiger partial charge is 0.265 e. The summed E-state index contributed by atoms with van der Waals surface area (Å²) in [4.78, 5) is 12.7. The monoisotopic (exact) mass is 401 g/mol. The summed E-state index contributed by atoms with van der Waals surface area (Å²) in [6, 6.07) is 29.3. The van der Waals surface area contributed by atoms with E-state index < -0.39 is 6.10 Å². The third kappa shape index (κ3) is 4.25. The van der Waals surface area contributed by atoms with Crippen LogP contribution in [0.15, 0.2) is 91.0 Å². The minimum Gasteiger partial charge on any atom is -0.479 e. The molecule has 0 saturated carbocycles. The van der Waals surface area contributed by atoms with Crippen LogP contribution in [0.3, 0.4) is 0 Å². The Morgan fingerprint density at radius 3 is 2.38 bits per heavy atom. The highest BCUT2D eigenvalue weighted by atomic mass is 35.5. The van der Waals surface area contributed by atoms with E-state index in [-0.39, 0.29) is 5.91 Å². The molecule has 29 heavy (non-hydrogen) atoms. The summed E-state index contributed by atoms with van der Waals surface area (Å²) in [6.07, 6.45) is -0.700. The van der Waals surface area contributed by atoms with Gasteiger partial charge in [-0.05, 0) is 41.6 Å². The molecule has 0 aliphatic rings. The number of carbonyl (C=O) groups is 1. The summed E-state index contributed by atoms with van der Waals surface area (Å²) in [5.74, 6) is 0.247. The molecule has 4 aromatic carbocycles. The van der Waals surface area contributed by atoms with Gasteiger partial charge in [0.15, 0.2) is 6.10 Å². The van der Waals surface area contributed by atoms with Crippen LogP contribution in [0.1, 0.15) is 6.92 Å². The number of rotatable bonds is 5.